The summed E-state index contributed by atoms with van der Waals surface area (Å²) in [4.78, 5) is 37.9. The number of fused-ring (bicyclic) bond motifs is 1. The topological polar surface area (TPSA) is 105 Å². The average molecular weight is 354 g/mol. The lowest BCUT2D eigenvalue weighted by atomic mass is 9.86. The van der Waals surface area contributed by atoms with Crippen molar-refractivity contribution in [1.82, 2.24) is 10.2 Å². The molecular formula is C17H26N2O6. The van der Waals surface area contributed by atoms with Crippen LogP contribution in [0.15, 0.2) is 11.5 Å². The Morgan fingerprint density at radius 2 is 1.68 bits per heavy atom. The largest absolute Gasteiger partial charge is 0.510 e. The van der Waals surface area contributed by atoms with Crippen LogP contribution in [0, 0.1) is 0 Å². The van der Waals surface area contributed by atoms with E-state index in [-0.39, 0.29) is 17.9 Å². The van der Waals surface area contributed by atoms with Gasteiger partial charge in [0, 0.05) is 6.42 Å². The summed E-state index contributed by atoms with van der Waals surface area (Å²) in [5, 5.41) is 12.6. The number of aliphatic hydroxyl groups excluding tert-OH is 1. The normalized spacial score (nSPS) is 23.6. The van der Waals surface area contributed by atoms with Crippen molar-refractivity contribution in [3.63, 3.8) is 0 Å². The number of carbonyl (C=O) groups is 3. The summed E-state index contributed by atoms with van der Waals surface area (Å²) < 4.78 is 10.4. The summed E-state index contributed by atoms with van der Waals surface area (Å²) >= 11 is 0. The van der Waals surface area contributed by atoms with Crippen LogP contribution >= 0.6 is 0 Å². The number of hydrogen-bond acceptors (Lipinski definition) is 6. The molecule has 140 valence electrons. The van der Waals surface area contributed by atoms with Gasteiger partial charge in [-0.1, -0.05) is 0 Å². The van der Waals surface area contributed by atoms with E-state index in [2.05, 4.69) is 5.32 Å². The summed E-state index contributed by atoms with van der Waals surface area (Å²) in [6, 6.07) is -1.18. The van der Waals surface area contributed by atoms with Gasteiger partial charge in [0.1, 0.15) is 23.0 Å². The molecule has 25 heavy (non-hydrogen) atoms. The summed E-state index contributed by atoms with van der Waals surface area (Å²) in [5.74, 6) is -1.39. The lowest BCUT2D eigenvalue weighted by Crippen LogP contribution is -2.72. The van der Waals surface area contributed by atoms with Crippen molar-refractivity contribution in [2.45, 2.75) is 77.7 Å². The maximum Gasteiger partial charge on any atom is 0.408 e. The molecule has 2 heterocycles. The van der Waals surface area contributed by atoms with Crippen LogP contribution in [0.4, 0.5) is 4.79 Å². The molecule has 1 fully saturated rings. The fraction of sp³-hybridized carbons (Fsp3) is 0.706. The van der Waals surface area contributed by atoms with Crippen LogP contribution in [0.1, 0.15) is 54.4 Å². The maximum atomic E-state index is 12.4. The van der Waals surface area contributed by atoms with Gasteiger partial charge in [-0.3, -0.25) is 9.69 Å². The van der Waals surface area contributed by atoms with Crippen molar-refractivity contribution in [2.75, 3.05) is 0 Å². The summed E-state index contributed by atoms with van der Waals surface area (Å²) in [5.41, 5.74) is -1.57. The first-order chi connectivity index (χ1) is 11.3. The van der Waals surface area contributed by atoms with Gasteiger partial charge in [-0.25, -0.2) is 9.59 Å². The average Bonchev–Trinajstić information content (AvgIpc) is 2.40. The van der Waals surface area contributed by atoms with E-state index in [1.54, 1.807) is 41.5 Å². The highest BCUT2D eigenvalue weighted by molar-refractivity contribution is 6.01. The number of carbonyl (C=O) groups excluding carboxylic acids is 3. The fourth-order valence-electron chi connectivity index (χ4n) is 2.79. The van der Waals surface area contributed by atoms with Crippen molar-refractivity contribution in [3.05, 3.63) is 11.5 Å². The number of nitrogens with one attached hydrogen (secondary N) is 1. The molecule has 2 amide bonds. The first kappa shape index (κ1) is 19.1. The monoisotopic (exact) mass is 354 g/mol. The smallest absolute Gasteiger partial charge is 0.408 e. The molecule has 0 bridgehead atoms. The third-order valence-corrected chi connectivity index (χ3v) is 3.68. The Morgan fingerprint density at radius 3 is 2.20 bits per heavy atom. The number of nitrogens with zero attached hydrogens (tertiary/aromatic N) is 1. The van der Waals surface area contributed by atoms with Crippen LogP contribution < -0.4 is 5.32 Å². The minimum atomic E-state index is -0.777. The minimum absolute atomic E-state index is 0.140. The Balaban J connectivity index is 2.11. The number of amides is 2. The van der Waals surface area contributed by atoms with Crippen molar-refractivity contribution in [2.24, 2.45) is 0 Å². The molecule has 2 aliphatic heterocycles. The van der Waals surface area contributed by atoms with Crippen LogP contribution in [-0.2, 0) is 19.1 Å². The van der Waals surface area contributed by atoms with E-state index in [4.69, 9.17) is 9.47 Å². The molecule has 2 rings (SSSR count). The maximum absolute atomic E-state index is 12.4. The Bertz CT molecular complexity index is 626. The number of β-lactam (4-membered cyclic amide) rings is 1. The molecule has 1 saturated heterocycles. The molecule has 2 aliphatic rings. The highest BCUT2D eigenvalue weighted by atomic mass is 16.6. The zero-order valence-corrected chi connectivity index (χ0v) is 15.5. The number of hydrogen-bond donors (Lipinski definition) is 2. The van der Waals surface area contributed by atoms with Crippen LogP contribution in [0.25, 0.3) is 0 Å². The zero-order chi connectivity index (χ0) is 19.2. The van der Waals surface area contributed by atoms with Gasteiger partial charge >= 0.3 is 12.1 Å². The Kier molecular flexibility index (Phi) is 4.76. The molecule has 0 saturated carbocycles. The quantitative estimate of drug-likeness (QED) is 0.580. The molecule has 2 atom stereocenters. The Hall–Kier alpha value is -2.25. The molecule has 2 N–H and O–H groups in total. The number of alkyl carbamates (subject to hydrolysis) is 1. The van der Waals surface area contributed by atoms with Gasteiger partial charge in [0.25, 0.3) is 5.91 Å². The van der Waals surface area contributed by atoms with Crippen LogP contribution in [0.2, 0.25) is 0 Å². The molecular weight excluding hydrogens is 328 g/mol. The molecule has 0 aromatic rings. The van der Waals surface area contributed by atoms with Crippen molar-refractivity contribution in [3.8, 4) is 0 Å². The second kappa shape index (κ2) is 6.24. The third kappa shape index (κ3) is 4.24. The first-order valence-corrected chi connectivity index (χ1v) is 8.28. The number of rotatable bonds is 2. The molecule has 0 aliphatic carbocycles. The van der Waals surface area contributed by atoms with Crippen LogP contribution in [0.3, 0.4) is 0 Å². The van der Waals surface area contributed by atoms with Gasteiger partial charge in [0.15, 0.2) is 5.70 Å². The number of allylic oxidation sites excluding steroid dienone is 1. The van der Waals surface area contributed by atoms with E-state index in [0.29, 0.717) is 6.42 Å². The SMILES string of the molecule is CC(C)(C)OC(=O)NC1C(=O)N2C(C(=O)OC(C)(C)C)=C(O)CCC12. The van der Waals surface area contributed by atoms with Crippen molar-refractivity contribution < 1.29 is 29.0 Å². The number of ether oxygens (including phenoxy) is 2. The minimum Gasteiger partial charge on any atom is -0.510 e. The van der Waals surface area contributed by atoms with Gasteiger partial charge in [0.2, 0.25) is 0 Å². The van der Waals surface area contributed by atoms with Gasteiger partial charge in [-0.05, 0) is 48.0 Å². The highest BCUT2D eigenvalue weighted by Crippen LogP contribution is 2.36. The van der Waals surface area contributed by atoms with Gasteiger partial charge in [0.05, 0.1) is 6.04 Å². The fourth-order valence-corrected chi connectivity index (χ4v) is 2.79. The van der Waals surface area contributed by atoms with Crippen molar-refractivity contribution >= 4 is 18.0 Å². The molecule has 2 unspecified atom stereocenters. The lowest BCUT2D eigenvalue weighted by Gasteiger charge is -2.49. The van der Waals surface area contributed by atoms with Crippen LogP contribution in [0.5, 0.6) is 0 Å². The molecule has 0 aromatic carbocycles. The van der Waals surface area contributed by atoms with Gasteiger partial charge < -0.3 is 19.9 Å². The van der Waals surface area contributed by atoms with E-state index < -0.39 is 41.3 Å². The second-order valence-electron chi connectivity index (χ2n) is 8.24. The second-order valence-corrected chi connectivity index (χ2v) is 8.24. The first-order valence-electron chi connectivity index (χ1n) is 8.28. The molecule has 8 heteroatoms. The Labute approximate surface area is 147 Å². The van der Waals surface area contributed by atoms with Gasteiger partial charge in [-0.15, -0.1) is 0 Å². The zero-order valence-electron chi connectivity index (χ0n) is 15.5. The standard InChI is InChI=1S/C17H26N2O6/c1-16(2,3)24-14(22)12-10(20)8-7-9-11(13(21)19(9)12)18-15(23)25-17(4,5)6/h9,11,20H,7-8H2,1-6H3,(H,18,23). The van der Waals surface area contributed by atoms with Crippen LogP contribution in [-0.4, -0.2) is 51.3 Å². The molecule has 8 nitrogen and oxygen atoms in total. The summed E-state index contributed by atoms with van der Waals surface area (Å²) in [6.07, 6.45) is -0.0251. The summed E-state index contributed by atoms with van der Waals surface area (Å²) in [7, 11) is 0. The lowest BCUT2D eigenvalue weighted by molar-refractivity contribution is -0.162. The van der Waals surface area contributed by atoms with E-state index in [1.807, 2.05) is 0 Å². The molecule has 0 radical (unpaired) electrons. The summed E-state index contributed by atoms with van der Waals surface area (Å²) in [6.45, 7) is 10.3. The van der Waals surface area contributed by atoms with Gasteiger partial charge in [-0.2, -0.15) is 0 Å². The number of aliphatic hydroxyl groups is 1. The Morgan fingerprint density at radius 1 is 1.12 bits per heavy atom. The predicted octanol–water partition coefficient (Wildman–Crippen LogP) is 2.00. The van der Waals surface area contributed by atoms with E-state index in [0.717, 1.165) is 0 Å². The third-order valence-electron chi connectivity index (χ3n) is 3.68. The van der Waals surface area contributed by atoms with E-state index in [1.165, 1.54) is 4.90 Å². The number of esters is 1. The van der Waals surface area contributed by atoms with Crippen molar-refractivity contribution in [1.29, 1.82) is 0 Å². The predicted molar refractivity (Wildman–Crippen MR) is 88.5 cm³/mol. The highest BCUT2D eigenvalue weighted by Gasteiger charge is 2.54. The van der Waals surface area contributed by atoms with E-state index in [9.17, 15) is 19.5 Å². The van der Waals surface area contributed by atoms with E-state index >= 15 is 0 Å². The molecule has 0 spiro atoms. The molecule has 0 aromatic heterocycles.